The molecular weight excluding hydrogens is 439 g/mol. The lowest BCUT2D eigenvalue weighted by Crippen LogP contribution is -2.16. The minimum atomic E-state index is -0.00601. The van der Waals surface area contributed by atoms with Crippen LogP contribution in [0.5, 0.6) is 0 Å². The molecule has 3 aromatic carbocycles. The van der Waals surface area contributed by atoms with E-state index < -0.39 is 0 Å². The molecule has 0 bridgehead atoms. The highest BCUT2D eigenvalue weighted by Gasteiger charge is 2.34. The summed E-state index contributed by atoms with van der Waals surface area (Å²) in [5, 5.41) is 2.64. The fourth-order valence-corrected chi connectivity index (χ4v) is 4.98. The van der Waals surface area contributed by atoms with Gasteiger partial charge in [0.25, 0.3) is 0 Å². The molecule has 0 heterocycles. The van der Waals surface area contributed by atoms with Crippen LogP contribution < -0.4 is 0 Å². The number of hydrogen-bond acceptors (Lipinski definition) is 0. The van der Waals surface area contributed by atoms with Crippen molar-refractivity contribution in [2.45, 2.75) is 26.2 Å². The molecule has 0 N–H and O–H groups in total. The van der Waals surface area contributed by atoms with Crippen molar-refractivity contribution in [1.82, 2.24) is 0 Å². The molecule has 1 heteroatoms. The highest BCUT2D eigenvalue weighted by Crippen LogP contribution is 2.48. The van der Waals surface area contributed by atoms with E-state index in [0.29, 0.717) is 0 Å². The molecule has 1 aliphatic rings. The Hall–Kier alpha value is -2.13. The summed E-state index contributed by atoms with van der Waals surface area (Å²) in [5.74, 6) is 0. The van der Waals surface area contributed by atoms with Crippen molar-refractivity contribution >= 4 is 38.9 Å². The lowest BCUT2D eigenvalue weighted by molar-refractivity contribution is 0.654. The third-order valence-corrected chi connectivity index (χ3v) is 6.70. The lowest BCUT2D eigenvalue weighted by atomic mass is 9.80. The van der Waals surface area contributed by atoms with Gasteiger partial charge in [-0.2, -0.15) is 0 Å². The van der Waals surface area contributed by atoms with E-state index in [-0.39, 0.29) is 5.41 Å². The Kier molecular flexibility index (Phi) is 4.59. The number of halogens is 1. The lowest BCUT2D eigenvalue weighted by Gasteiger charge is -2.23. The average Bonchev–Trinajstić information content (AvgIpc) is 2.86. The Morgan fingerprint density at radius 2 is 1.63 bits per heavy atom. The van der Waals surface area contributed by atoms with E-state index in [1.807, 2.05) is 12.2 Å². The molecule has 4 rings (SSSR count). The molecule has 0 aliphatic heterocycles. The Morgan fingerprint density at radius 3 is 2.37 bits per heavy atom. The zero-order valence-electron chi connectivity index (χ0n) is 16.0. The summed E-state index contributed by atoms with van der Waals surface area (Å²) >= 11 is 2.42. The zero-order chi connectivity index (χ0) is 19.2. The fraction of sp³-hybridized carbons (Fsp3) is 0.154. The summed E-state index contributed by atoms with van der Waals surface area (Å²) in [4.78, 5) is 0. The Bertz CT molecular complexity index is 1130. The van der Waals surface area contributed by atoms with Crippen LogP contribution in [-0.2, 0) is 5.41 Å². The summed E-state index contributed by atoms with van der Waals surface area (Å²) < 4.78 is 1.29. The standard InChI is InChI=1S/C26H23I/c1-5-6-11-23-17(2)19-13-12-18(16-24(19)26(23,3)4)20-14-15-25(27)22-10-8-7-9-21(20)22/h5-16H,1H2,2-4H3/b11-6-. The predicted octanol–water partition coefficient (Wildman–Crippen LogP) is 7.92. The second kappa shape index (κ2) is 6.79. The second-order valence-corrected chi connectivity index (χ2v) is 8.82. The van der Waals surface area contributed by atoms with Crippen LogP contribution >= 0.6 is 22.6 Å². The van der Waals surface area contributed by atoms with E-state index in [2.05, 4.69) is 111 Å². The first-order valence-corrected chi connectivity index (χ1v) is 10.4. The summed E-state index contributed by atoms with van der Waals surface area (Å²) in [5.41, 5.74) is 8.10. The molecule has 0 atom stereocenters. The molecule has 0 spiro atoms. The van der Waals surface area contributed by atoms with Crippen molar-refractivity contribution in [2.75, 3.05) is 0 Å². The molecule has 0 aromatic heterocycles. The van der Waals surface area contributed by atoms with E-state index in [9.17, 15) is 0 Å². The van der Waals surface area contributed by atoms with Gasteiger partial charge in [0.1, 0.15) is 0 Å². The smallest absolute Gasteiger partial charge is 0.0209 e. The van der Waals surface area contributed by atoms with E-state index in [1.54, 1.807) is 0 Å². The Balaban J connectivity index is 1.90. The van der Waals surface area contributed by atoms with Gasteiger partial charge in [-0.3, -0.25) is 0 Å². The molecule has 0 nitrogen and oxygen atoms in total. The minimum absolute atomic E-state index is 0.00601. The van der Waals surface area contributed by atoms with Crippen molar-refractivity contribution in [3.8, 4) is 11.1 Å². The number of rotatable bonds is 3. The van der Waals surface area contributed by atoms with Gasteiger partial charge in [0.05, 0.1) is 0 Å². The largest absolute Gasteiger partial charge is 0.0991 e. The van der Waals surface area contributed by atoms with Crippen LogP contribution in [0.1, 0.15) is 31.9 Å². The van der Waals surface area contributed by atoms with Gasteiger partial charge in [-0.05, 0) is 85.8 Å². The van der Waals surface area contributed by atoms with E-state index in [1.165, 1.54) is 47.7 Å². The molecule has 0 amide bonds. The maximum atomic E-state index is 3.82. The van der Waals surface area contributed by atoms with Crippen LogP contribution in [0.15, 0.2) is 85.0 Å². The Morgan fingerprint density at radius 1 is 0.926 bits per heavy atom. The van der Waals surface area contributed by atoms with Gasteiger partial charge in [0, 0.05) is 8.99 Å². The maximum Gasteiger partial charge on any atom is 0.0209 e. The number of hydrogen-bond donors (Lipinski definition) is 0. The highest BCUT2D eigenvalue weighted by molar-refractivity contribution is 14.1. The van der Waals surface area contributed by atoms with Gasteiger partial charge >= 0.3 is 0 Å². The molecule has 3 aromatic rings. The summed E-state index contributed by atoms with van der Waals surface area (Å²) in [6.45, 7) is 10.7. The molecule has 0 radical (unpaired) electrons. The fourth-order valence-electron chi connectivity index (χ4n) is 4.33. The number of benzene rings is 3. The van der Waals surface area contributed by atoms with Crippen LogP contribution in [0.4, 0.5) is 0 Å². The third kappa shape index (κ3) is 2.89. The van der Waals surface area contributed by atoms with Gasteiger partial charge < -0.3 is 0 Å². The first kappa shape index (κ1) is 18.2. The number of allylic oxidation sites excluding steroid dienone is 5. The van der Waals surface area contributed by atoms with Crippen molar-refractivity contribution in [2.24, 2.45) is 0 Å². The highest BCUT2D eigenvalue weighted by atomic mass is 127. The van der Waals surface area contributed by atoms with Gasteiger partial charge in [0.15, 0.2) is 0 Å². The molecule has 134 valence electrons. The van der Waals surface area contributed by atoms with Crippen LogP contribution in [-0.4, -0.2) is 0 Å². The molecule has 1 aliphatic carbocycles. The van der Waals surface area contributed by atoms with Crippen molar-refractivity contribution in [1.29, 1.82) is 0 Å². The summed E-state index contributed by atoms with van der Waals surface area (Å²) in [6.07, 6.45) is 6.10. The molecule has 0 unspecified atom stereocenters. The minimum Gasteiger partial charge on any atom is -0.0991 e. The molecule has 0 saturated heterocycles. The van der Waals surface area contributed by atoms with Crippen molar-refractivity contribution in [3.05, 3.63) is 99.7 Å². The molecular formula is C26H23I. The Labute approximate surface area is 175 Å². The number of fused-ring (bicyclic) bond motifs is 2. The van der Waals surface area contributed by atoms with Gasteiger partial charge in [-0.1, -0.05) is 81.1 Å². The van der Waals surface area contributed by atoms with E-state index in [0.717, 1.165) is 0 Å². The average molecular weight is 462 g/mol. The summed E-state index contributed by atoms with van der Waals surface area (Å²) in [6, 6.07) is 20.1. The topological polar surface area (TPSA) is 0 Å². The van der Waals surface area contributed by atoms with E-state index >= 15 is 0 Å². The second-order valence-electron chi connectivity index (χ2n) is 7.66. The monoisotopic (exact) mass is 462 g/mol. The normalized spacial score (nSPS) is 15.6. The first-order chi connectivity index (χ1) is 12.9. The van der Waals surface area contributed by atoms with Gasteiger partial charge in [-0.25, -0.2) is 0 Å². The van der Waals surface area contributed by atoms with Crippen LogP contribution in [0, 0.1) is 3.57 Å². The molecule has 0 saturated carbocycles. The van der Waals surface area contributed by atoms with Gasteiger partial charge in [0.2, 0.25) is 0 Å². The van der Waals surface area contributed by atoms with Crippen LogP contribution in [0.25, 0.3) is 27.5 Å². The summed E-state index contributed by atoms with van der Waals surface area (Å²) in [7, 11) is 0. The third-order valence-electron chi connectivity index (χ3n) is 5.76. The van der Waals surface area contributed by atoms with Crippen molar-refractivity contribution < 1.29 is 0 Å². The molecule has 27 heavy (non-hydrogen) atoms. The quantitative estimate of drug-likeness (QED) is 0.274. The van der Waals surface area contributed by atoms with Crippen LogP contribution in [0.2, 0.25) is 0 Å². The van der Waals surface area contributed by atoms with Crippen LogP contribution in [0.3, 0.4) is 0 Å². The predicted molar refractivity (Wildman–Crippen MR) is 127 cm³/mol. The SMILES string of the molecule is C=C/C=C\C1=C(C)c2ccc(-c3ccc(I)c4ccccc34)cc2C1(C)C. The zero-order valence-corrected chi connectivity index (χ0v) is 18.2. The first-order valence-electron chi connectivity index (χ1n) is 9.28. The van der Waals surface area contributed by atoms with E-state index in [4.69, 9.17) is 0 Å². The molecule has 0 fully saturated rings. The maximum absolute atomic E-state index is 3.82. The van der Waals surface area contributed by atoms with Gasteiger partial charge in [-0.15, -0.1) is 0 Å². The van der Waals surface area contributed by atoms with Crippen molar-refractivity contribution in [3.63, 3.8) is 0 Å².